The maximum absolute atomic E-state index is 13.1. The Hall–Kier alpha value is -1.42. The van der Waals surface area contributed by atoms with Gasteiger partial charge in [-0.2, -0.15) is 4.39 Å². The number of halogens is 2. The van der Waals surface area contributed by atoms with Gasteiger partial charge in [-0.3, -0.25) is 10.1 Å². The van der Waals surface area contributed by atoms with E-state index in [1.54, 1.807) is 6.08 Å². The molecule has 0 aliphatic carbocycles. The summed E-state index contributed by atoms with van der Waals surface area (Å²) in [5.41, 5.74) is 1.02. The van der Waals surface area contributed by atoms with E-state index < -0.39 is 16.4 Å². The van der Waals surface area contributed by atoms with E-state index in [1.807, 2.05) is 13.8 Å². The molecule has 0 saturated carbocycles. The fourth-order valence-corrected chi connectivity index (χ4v) is 1.72. The lowest BCUT2D eigenvalue weighted by atomic mass is 10.0. The maximum atomic E-state index is 13.1. The van der Waals surface area contributed by atoms with E-state index in [1.165, 1.54) is 12.1 Å². The van der Waals surface area contributed by atoms with Gasteiger partial charge in [-0.15, -0.1) is 11.6 Å². The van der Waals surface area contributed by atoms with Gasteiger partial charge in [0.1, 0.15) is 0 Å². The van der Waals surface area contributed by atoms with E-state index in [2.05, 4.69) is 0 Å². The van der Waals surface area contributed by atoms with Crippen molar-refractivity contribution in [3.05, 3.63) is 45.3 Å². The zero-order valence-corrected chi connectivity index (χ0v) is 10.4. The van der Waals surface area contributed by atoms with Crippen LogP contribution in [0.2, 0.25) is 0 Å². The van der Waals surface area contributed by atoms with Crippen LogP contribution in [-0.2, 0) is 0 Å². The van der Waals surface area contributed by atoms with Crippen molar-refractivity contribution in [1.82, 2.24) is 0 Å². The Balaban J connectivity index is 3.16. The van der Waals surface area contributed by atoms with Gasteiger partial charge in [0.05, 0.1) is 4.92 Å². The number of nitrogens with zero attached hydrogens (tertiary/aromatic N) is 1. The molecule has 0 N–H and O–H groups in total. The van der Waals surface area contributed by atoms with E-state index in [4.69, 9.17) is 11.6 Å². The topological polar surface area (TPSA) is 43.1 Å². The van der Waals surface area contributed by atoms with E-state index in [0.29, 0.717) is 11.4 Å². The molecule has 0 amide bonds. The van der Waals surface area contributed by atoms with Crippen LogP contribution in [0.4, 0.5) is 10.1 Å². The Bertz CT molecular complexity index is 458. The number of alkyl halides is 1. The van der Waals surface area contributed by atoms with Crippen LogP contribution >= 0.6 is 11.6 Å². The van der Waals surface area contributed by atoms with E-state index in [0.717, 1.165) is 11.6 Å². The lowest BCUT2D eigenvalue weighted by Crippen LogP contribution is -1.96. The second kappa shape index (κ2) is 5.77. The lowest BCUT2D eigenvalue weighted by Gasteiger charge is -2.07. The number of hydrogen-bond donors (Lipinski definition) is 0. The van der Waals surface area contributed by atoms with Crippen molar-refractivity contribution >= 4 is 23.4 Å². The van der Waals surface area contributed by atoms with Gasteiger partial charge in [0.15, 0.2) is 0 Å². The molecular weight excluding hydrogens is 245 g/mol. The molecular formula is C12H13ClFNO2. The van der Waals surface area contributed by atoms with Gasteiger partial charge in [0.2, 0.25) is 5.82 Å². The third-order valence-corrected chi connectivity index (χ3v) is 2.72. The summed E-state index contributed by atoms with van der Waals surface area (Å²) in [4.78, 5) is 9.85. The molecule has 0 bridgehead atoms. The first-order valence-electron chi connectivity index (χ1n) is 5.16. The third-order valence-electron chi connectivity index (χ3n) is 2.41. The van der Waals surface area contributed by atoms with Gasteiger partial charge in [-0.05, 0) is 17.5 Å². The first-order valence-corrected chi connectivity index (χ1v) is 5.69. The number of benzene rings is 1. The normalized spacial score (nSPS) is 11.9. The molecule has 1 aromatic carbocycles. The molecule has 17 heavy (non-hydrogen) atoms. The summed E-state index contributed by atoms with van der Waals surface area (Å²) in [5, 5.41) is 10.6. The van der Waals surface area contributed by atoms with Crippen LogP contribution in [0.5, 0.6) is 0 Å². The summed E-state index contributed by atoms with van der Waals surface area (Å²) < 4.78 is 13.1. The van der Waals surface area contributed by atoms with Crippen LogP contribution in [0, 0.1) is 21.8 Å². The lowest BCUT2D eigenvalue weighted by molar-refractivity contribution is -0.387. The average Bonchev–Trinajstić information content (AvgIpc) is 2.27. The van der Waals surface area contributed by atoms with Gasteiger partial charge in [-0.25, -0.2) is 0 Å². The molecule has 0 aliphatic heterocycles. The second-order valence-electron chi connectivity index (χ2n) is 3.98. The van der Waals surface area contributed by atoms with E-state index >= 15 is 0 Å². The van der Waals surface area contributed by atoms with Gasteiger partial charge >= 0.3 is 5.69 Å². The Morgan fingerprint density at radius 2 is 2.24 bits per heavy atom. The summed E-state index contributed by atoms with van der Waals surface area (Å²) in [7, 11) is 0. The third kappa shape index (κ3) is 3.53. The first-order chi connectivity index (χ1) is 7.95. The number of nitro benzene ring substituents is 1. The largest absolute Gasteiger partial charge is 0.305 e. The van der Waals surface area contributed by atoms with E-state index in [-0.39, 0.29) is 5.92 Å². The van der Waals surface area contributed by atoms with Crippen LogP contribution in [0.25, 0.3) is 6.08 Å². The molecule has 5 heteroatoms. The molecule has 1 aromatic rings. The highest BCUT2D eigenvalue weighted by molar-refractivity contribution is 6.19. The molecule has 0 aliphatic rings. The van der Waals surface area contributed by atoms with Crippen molar-refractivity contribution in [2.24, 2.45) is 5.92 Å². The Kier molecular flexibility index (Phi) is 4.63. The maximum Gasteiger partial charge on any atom is 0.305 e. The summed E-state index contributed by atoms with van der Waals surface area (Å²) >= 11 is 5.77. The standard InChI is InChI=1S/C12H13ClFNO2/c1-8(2)10(7-13)5-9-3-4-11(14)12(6-9)15(16)17/h3-6,8H,7H2,1-2H3/b10-5+. The van der Waals surface area contributed by atoms with Crippen LogP contribution in [0.1, 0.15) is 19.4 Å². The first kappa shape index (κ1) is 13.6. The highest BCUT2D eigenvalue weighted by Crippen LogP contribution is 2.22. The molecule has 0 aromatic heterocycles. The second-order valence-corrected chi connectivity index (χ2v) is 4.24. The average molecular weight is 258 g/mol. The molecule has 0 atom stereocenters. The summed E-state index contributed by atoms with van der Waals surface area (Å²) in [6.07, 6.45) is 1.75. The smallest absolute Gasteiger partial charge is 0.258 e. The van der Waals surface area contributed by atoms with Crippen molar-refractivity contribution in [3.8, 4) is 0 Å². The summed E-state index contributed by atoms with van der Waals surface area (Å²) in [5.74, 6) is -0.233. The number of nitro groups is 1. The van der Waals surface area contributed by atoms with Crippen LogP contribution in [0.3, 0.4) is 0 Å². The fraction of sp³-hybridized carbons (Fsp3) is 0.333. The molecule has 0 heterocycles. The van der Waals surface area contributed by atoms with E-state index in [9.17, 15) is 14.5 Å². The monoisotopic (exact) mass is 257 g/mol. The van der Waals surface area contributed by atoms with Gasteiger partial charge in [-0.1, -0.05) is 31.6 Å². The van der Waals surface area contributed by atoms with Crippen LogP contribution in [0.15, 0.2) is 23.8 Å². The molecule has 92 valence electrons. The molecule has 0 fully saturated rings. The molecule has 1 rings (SSSR count). The van der Waals surface area contributed by atoms with Gasteiger partial charge < -0.3 is 0 Å². The van der Waals surface area contributed by atoms with Crippen molar-refractivity contribution in [2.75, 3.05) is 5.88 Å². The minimum absolute atomic E-state index is 0.247. The summed E-state index contributed by atoms with van der Waals surface area (Å²) in [6.45, 7) is 3.96. The molecule has 0 unspecified atom stereocenters. The van der Waals surface area contributed by atoms with Gasteiger partial charge in [0.25, 0.3) is 0 Å². The van der Waals surface area contributed by atoms with Crippen LogP contribution in [-0.4, -0.2) is 10.8 Å². The zero-order chi connectivity index (χ0) is 13.0. The molecule has 0 radical (unpaired) electrons. The van der Waals surface area contributed by atoms with Crippen molar-refractivity contribution < 1.29 is 9.31 Å². The number of allylic oxidation sites excluding steroid dienone is 1. The Labute approximate surface area is 104 Å². The number of hydrogen-bond acceptors (Lipinski definition) is 2. The fourth-order valence-electron chi connectivity index (χ4n) is 1.33. The van der Waals surface area contributed by atoms with Gasteiger partial charge in [0, 0.05) is 11.9 Å². The molecule has 0 saturated heterocycles. The minimum Gasteiger partial charge on any atom is -0.258 e. The highest BCUT2D eigenvalue weighted by Gasteiger charge is 2.14. The highest BCUT2D eigenvalue weighted by atomic mass is 35.5. The Morgan fingerprint density at radius 1 is 1.59 bits per heavy atom. The zero-order valence-electron chi connectivity index (χ0n) is 9.61. The van der Waals surface area contributed by atoms with Crippen molar-refractivity contribution in [3.63, 3.8) is 0 Å². The molecule has 0 spiro atoms. The Morgan fingerprint density at radius 3 is 2.71 bits per heavy atom. The quantitative estimate of drug-likeness (QED) is 0.465. The minimum atomic E-state index is -0.830. The van der Waals surface area contributed by atoms with Crippen molar-refractivity contribution in [2.45, 2.75) is 13.8 Å². The predicted molar refractivity (Wildman–Crippen MR) is 66.6 cm³/mol. The number of rotatable bonds is 4. The van der Waals surface area contributed by atoms with Crippen LogP contribution < -0.4 is 0 Å². The summed E-state index contributed by atoms with van der Waals surface area (Å²) in [6, 6.07) is 3.80. The SMILES string of the molecule is CC(C)/C(=C/c1ccc(F)c([N+](=O)[O-])c1)CCl. The van der Waals surface area contributed by atoms with Crippen molar-refractivity contribution in [1.29, 1.82) is 0 Å². The predicted octanol–water partition coefficient (Wildman–Crippen LogP) is 4.01. The molecule has 3 nitrogen and oxygen atoms in total.